The predicted octanol–water partition coefficient (Wildman–Crippen LogP) is 4.65. The summed E-state index contributed by atoms with van der Waals surface area (Å²) in [7, 11) is 1.72. The maximum Gasteiger partial charge on any atom is 0.133 e. The Balaban J connectivity index is 1.42. The van der Waals surface area contributed by atoms with Crippen molar-refractivity contribution in [2.45, 2.75) is 33.1 Å². The number of nitrogens with zero attached hydrogens (tertiary/aromatic N) is 3. The monoisotopic (exact) mass is 448 g/mol. The average Bonchev–Trinajstić information content (AvgIpc) is 2.83. The zero-order valence-electron chi connectivity index (χ0n) is 19.6. The molecule has 3 aromatic rings. The van der Waals surface area contributed by atoms with Crippen molar-refractivity contribution in [1.29, 1.82) is 0 Å². The van der Waals surface area contributed by atoms with Gasteiger partial charge in [-0.3, -0.25) is 9.88 Å². The number of nitrogens with one attached hydrogen (secondary N) is 1. The van der Waals surface area contributed by atoms with Gasteiger partial charge in [0.1, 0.15) is 17.7 Å². The van der Waals surface area contributed by atoms with Crippen molar-refractivity contribution in [1.82, 2.24) is 14.9 Å². The van der Waals surface area contributed by atoms with Crippen molar-refractivity contribution in [3.63, 3.8) is 0 Å². The fourth-order valence-electron chi connectivity index (χ4n) is 4.00. The van der Waals surface area contributed by atoms with Crippen LogP contribution >= 0.6 is 0 Å². The predicted molar refractivity (Wildman–Crippen MR) is 129 cm³/mol. The normalized spacial score (nSPS) is 16.5. The maximum absolute atomic E-state index is 6.06. The fourth-order valence-corrected chi connectivity index (χ4v) is 4.00. The smallest absolute Gasteiger partial charge is 0.133 e. The maximum atomic E-state index is 6.06. The molecule has 1 aliphatic heterocycles. The first-order valence-corrected chi connectivity index (χ1v) is 11.4. The lowest BCUT2D eigenvalue weighted by molar-refractivity contribution is -0.0351. The third-order valence-corrected chi connectivity index (χ3v) is 5.67. The summed E-state index contributed by atoms with van der Waals surface area (Å²) in [5.41, 5.74) is 5.25. The molecule has 1 saturated heterocycles. The molecule has 1 atom stereocenters. The van der Waals surface area contributed by atoms with Crippen LogP contribution in [0.5, 0.6) is 5.75 Å². The number of ether oxygens (including phenoxy) is 3. The highest BCUT2D eigenvalue weighted by Gasteiger charge is 2.24. The van der Waals surface area contributed by atoms with Crippen molar-refractivity contribution in [3.05, 3.63) is 77.2 Å². The summed E-state index contributed by atoms with van der Waals surface area (Å²) in [6.45, 7) is 8.39. The van der Waals surface area contributed by atoms with Gasteiger partial charge in [-0.2, -0.15) is 0 Å². The lowest BCUT2D eigenvalue weighted by Crippen LogP contribution is -2.38. The molecular formula is C26H32N4O3. The van der Waals surface area contributed by atoms with Crippen molar-refractivity contribution < 1.29 is 14.2 Å². The Hall–Kier alpha value is -3.00. The number of methoxy groups -OCH3 is 1. The number of aryl methyl sites for hydroxylation is 1. The van der Waals surface area contributed by atoms with Crippen LogP contribution in [0.1, 0.15) is 35.4 Å². The number of aromatic nitrogens is 2. The Bertz CT molecular complexity index is 1040. The Morgan fingerprint density at radius 2 is 2.09 bits per heavy atom. The molecule has 0 amide bonds. The van der Waals surface area contributed by atoms with E-state index in [1.54, 1.807) is 13.3 Å². The zero-order valence-corrected chi connectivity index (χ0v) is 19.6. The molecule has 1 N–H and O–H groups in total. The van der Waals surface area contributed by atoms with Crippen LogP contribution in [-0.4, -0.2) is 48.3 Å². The first kappa shape index (κ1) is 23.2. The molecule has 0 saturated carbocycles. The number of rotatable bonds is 9. The average molecular weight is 449 g/mol. The lowest BCUT2D eigenvalue weighted by atomic mass is 10.1. The molecule has 33 heavy (non-hydrogen) atoms. The first-order chi connectivity index (χ1) is 16.2. The van der Waals surface area contributed by atoms with Crippen molar-refractivity contribution >= 4 is 11.5 Å². The number of morpholine rings is 1. The van der Waals surface area contributed by atoms with Crippen molar-refractivity contribution in [2.24, 2.45) is 0 Å². The van der Waals surface area contributed by atoms with Gasteiger partial charge in [0.15, 0.2) is 0 Å². The molecule has 0 unspecified atom stereocenters. The van der Waals surface area contributed by atoms with Gasteiger partial charge in [-0.1, -0.05) is 12.1 Å². The van der Waals surface area contributed by atoms with Crippen molar-refractivity contribution in [3.8, 4) is 5.75 Å². The van der Waals surface area contributed by atoms with E-state index in [9.17, 15) is 0 Å². The highest BCUT2D eigenvalue weighted by Crippen LogP contribution is 2.27. The van der Waals surface area contributed by atoms with E-state index in [1.165, 1.54) is 5.56 Å². The highest BCUT2D eigenvalue weighted by molar-refractivity contribution is 5.57. The van der Waals surface area contributed by atoms with E-state index in [0.717, 1.165) is 53.7 Å². The summed E-state index contributed by atoms with van der Waals surface area (Å²) < 4.78 is 17.2. The van der Waals surface area contributed by atoms with Crippen LogP contribution in [0.4, 0.5) is 11.5 Å². The van der Waals surface area contributed by atoms with E-state index < -0.39 is 0 Å². The number of benzene rings is 1. The summed E-state index contributed by atoms with van der Waals surface area (Å²) in [4.78, 5) is 11.5. The van der Waals surface area contributed by atoms with E-state index in [4.69, 9.17) is 14.2 Å². The van der Waals surface area contributed by atoms with Crippen LogP contribution in [-0.2, 0) is 22.6 Å². The van der Waals surface area contributed by atoms with Gasteiger partial charge in [0.05, 0.1) is 37.4 Å². The van der Waals surface area contributed by atoms with Gasteiger partial charge in [-0.05, 0) is 55.3 Å². The van der Waals surface area contributed by atoms with Crippen LogP contribution in [0.25, 0.3) is 0 Å². The van der Waals surface area contributed by atoms with Crippen molar-refractivity contribution in [2.75, 3.05) is 38.7 Å². The third-order valence-electron chi connectivity index (χ3n) is 5.67. The minimum Gasteiger partial charge on any atom is -0.494 e. The third kappa shape index (κ3) is 6.07. The first-order valence-electron chi connectivity index (χ1n) is 11.4. The Morgan fingerprint density at radius 3 is 2.85 bits per heavy atom. The van der Waals surface area contributed by atoms with Crippen LogP contribution in [0, 0.1) is 6.92 Å². The van der Waals surface area contributed by atoms with Gasteiger partial charge in [0.25, 0.3) is 0 Å². The summed E-state index contributed by atoms with van der Waals surface area (Å²) in [5, 5.41) is 3.33. The van der Waals surface area contributed by atoms with Crippen LogP contribution in [0.2, 0.25) is 0 Å². The number of pyridine rings is 2. The van der Waals surface area contributed by atoms with E-state index in [2.05, 4.69) is 32.3 Å². The second-order valence-electron chi connectivity index (χ2n) is 8.17. The number of hydrogen-bond acceptors (Lipinski definition) is 7. The molecule has 174 valence electrons. The van der Waals surface area contributed by atoms with E-state index >= 15 is 0 Å². The molecule has 7 nitrogen and oxygen atoms in total. The molecule has 4 rings (SSSR count). The van der Waals surface area contributed by atoms with E-state index in [1.807, 2.05) is 50.4 Å². The van der Waals surface area contributed by atoms with Crippen LogP contribution < -0.4 is 10.1 Å². The molecule has 3 heterocycles. The summed E-state index contributed by atoms with van der Waals surface area (Å²) in [6, 6.07) is 14.3. The topological polar surface area (TPSA) is 68.7 Å². The molecular weight excluding hydrogens is 416 g/mol. The lowest BCUT2D eigenvalue weighted by Gasteiger charge is -2.33. The summed E-state index contributed by atoms with van der Waals surface area (Å²) in [5.74, 6) is 1.77. The Labute approximate surface area is 195 Å². The quantitative estimate of drug-likeness (QED) is 0.511. The molecule has 1 aliphatic rings. The molecule has 0 spiro atoms. The van der Waals surface area contributed by atoms with E-state index in [-0.39, 0.29) is 6.10 Å². The number of hydrogen-bond donors (Lipinski definition) is 1. The minimum absolute atomic E-state index is 0.0675. The van der Waals surface area contributed by atoms with Gasteiger partial charge >= 0.3 is 0 Å². The van der Waals surface area contributed by atoms with Gasteiger partial charge in [0, 0.05) is 38.5 Å². The second kappa shape index (κ2) is 11.2. The molecule has 1 fully saturated rings. The molecule has 0 radical (unpaired) electrons. The molecule has 2 aromatic heterocycles. The Kier molecular flexibility index (Phi) is 7.88. The largest absolute Gasteiger partial charge is 0.494 e. The Morgan fingerprint density at radius 1 is 1.18 bits per heavy atom. The minimum atomic E-state index is -0.0675. The van der Waals surface area contributed by atoms with Gasteiger partial charge in [-0.15, -0.1) is 0 Å². The highest BCUT2D eigenvalue weighted by atomic mass is 16.5. The van der Waals surface area contributed by atoms with E-state index in [0.29, 0.717) is 19.8 Å². The molecule has 1 aromatic carbocycles. The zero-order chi connectivity index (χ0) is 23.0. The standard InChI is InChI=1S/C26H32N4O3/c1-4-32-24-10-7-20(18-31-3)14-21(24)16-30-12-13-33-25(17-30)23-9-8-22(15-28-23)29-26-19(2)6-5-11-27-26/h5-11,14-15,25H,4,12-13,16-18H2,1-3H3,(H,27,29)/t25-/m0/s1. The molecule has 7 heteroatoms. The SMILES string of the molecule is CCOc1ccc(COC)cc1CN1CCO[C@H](c2ccc(Nc3ncccc3C)cn2)C1. The van der Waals surface area contributed by atoms with Crippen LogP contribution in [0.3, 0.4) is 0 Å². The van der Waals surface area contributed by atoms with Gasteiger partial charge in [-0.25, -0.2) is 4.98 Å². The van der Waals surface area contributed by atoms with Crippen LogP contribution in [0.15, 0.2) is 54.9 Å². The summed E-state index contributed by atoms with van der Waals surface area (Å²) in [6.07, 6.45) is 3.55. The van der Waals surface area contributed by atoms with Gasteiger partial charge in [0.2, 0.25) is 0 Å². The molecule has 0 bridgehead atoms. The molecule has 0 aliphatic carbocycles. The fraction of sp³-hybridized carbons (Fsp3) is 0.385. The second-order valence-corrected chi connectivity index (χ2v) is 8.17. The summed E-state index contributed by atoms with van der Waals surface area (Å²) >= 11 is 0. The van der Waals surface area contributed by atoms with Gasteiger partial charge < -0.3 is 19.5 Å². The number of anilines is 2.